The normalized spacial score (nSPS) is 29.8. The van der Waals surface area contributed by atoms with Gasteiger partial charge in [-0.3, -0.25) is 0 Å². The van der Waals surface area contributed by atoms with Gasteiger partial charge in [-0.15, -0.1) is 0 Å². The van der Waals surface area contributed by atoms with E-state index >= 15 is 0 Å². The van der Waals surface area contributed by atoms with Crippen LogP contribution in [0.4, 0.5) is 0 Å². The summed E-state index contributed by atoms with van der Waals surface area (Å²) in [6, 6.07) is 0. The largest absolute Gasteiger partial charge is 0.411 e. The van der Waals surface area contributed by atoms with Gasteiger partial charge in [0.1, 0.15) is 0 Å². The lowest BCUT2D eigenvalue weighted by Crippen LogP contribution is -2.24. The summed E-state index contributed by atoms with van der Waals surface area (Å²) in [5, 5.41) is 12.0. The third-order valence-electron chi connectivity index (χ3n) is 2.43. The molecule has 0 saturated heterocycles. The fraction of sp³-hybridized carbons (Fsp3) is 0.889. The van der Waals surface area contributed by atoms with Crippen LogP contribution in [0.3, 0.4) is 0 Å². The van der Waals surface area contributed by atoms with Crippen molar-refractivity contribution in [1.29, 1.82) is 0 Å². The molecule has 0 bridgehead atoms. The van der Waals surface area contributed by atoms with E-state index in [0.717, 1.165) is 25.0 Å². The number of rotatable bonds is 1. The molecule has 0 radical (unpaired) electrons. The molecule has 1 fully saturated rings. The second-order valence-corrected chi connectivity index (χ2v) is 3.27. The Labute approximate surface area is 73.4 Å². The second kappa shape index (κ2) is 5.14. The van der Waals surface area contributed by atoms with Crippen LogP contribution in [-0.2, 0) is 4.74 Å². The zero-order valence-electron chi connectivity index (χ0n) is 7.62. The van der Waals surface area contributed by atoms with Gasteiger partial charge in [0.15, 0.2) is 0 Å². The van der Waals surface area contributed by atoms with Gasteiger partial charge in [-0.2, -0.15) is 0 Å². The first-order chi connectivity index (χ1) is 5.88. The number of hydrogen-bond acceptors (Lipinski definition) is 3. The van der Waals surface area contributed by atoms with E-state index < -0.39 is 0 Å². The van der Waals surface area contributed by atoms with Gasteiger partial charge in [0.05, 0.1) is 11.8 Å². The molecule has 0 aromatic heterocycles. The first-order valence-corrected chi connectivity index (χ1v) is 4.62. The molecule has 0 spiro atoms. The van der Waals surface area contributed by atoms with Crippen molar-refractivity contribution >= 4 is 5.71 Å². The number of oxime groups is 1. The summed E-state index contributed by atoms with van der Waals surface area (Å²) in [7, 11) is 1.68. The fourth-order valence-corrected chi connectivity index (χ4v) is 1.69. The molecule has 3 nitrogen and oxygen atoms in total. The van der Waals surface area contributed by atoms with Gasteiger partial charge in [-0.25, -0.2) is 0 Å². The standard InChI is InChI=1S/C9H17NO2/c1-12-9-7-5-3-2-4-6-8(9)10-11/h9,11H,2-7H2,1H3/b10-8+. The predicted octanol–water partition coefficient (Wildman–Crippen LogP) is 2.19. The highest BCUT2D eigenvalue weighted by Crippen LogP contribution is 2.17. The van der Waals surface area contributed by atoms with Crippen LogP contribution >= 0.6 is 0 Å². The third kappa shape index (κ3) is 2.48. The highest BCUT2D eigenvalue weighted by Gasteiger charge is 2.17. The Balaban J connectivity index is 2.52. The van der Waals surface area contributed by atoms with Gasteiger partial charge in [-0.1, -0.05) is 24.4 Å². The molecule has 1 unspecified atom stereocenters. The average molecular weight is 171 g/mol. The van der Waals surface area contributed by atoms with Crippen molar-refractivity contribution < 1.29 is 9.94 Å². The minimum atomic E-state index is 0.0512. The maximum absolute atomic E-state index is 8.72. The molecule has 1 rings (SSSR count). The number of hydrogen-bond donors (Lipinski definition) is 1. The van der Waals surface area contributed by atoms with Gasteiger partial charge in [0, 0.05) is 7.11 Å². The molecule has 3 heteroatoms. The average Bonchev–Trinajstić information content (AvgIpc) is 2.05. The summed E-state index contributed by atoms with van der Waals surface area (Å²) in [6.45, 7) is 0. The number of methoxy groups -OCH3 is 1. The fourth-order valence-electron chi connectivity index (χ4n) is 1.69. The van der Waals surface area contributed by atoms with E-state index in [0.29, 0.717) is 0 Å². The van der Waals surface area contributed by atoms with Crippen molar-refractivity contribution in [3.8, 4) is 0 Å². The first-order valence-electron chi connectivity index (χ1n) is 4.62. The lowest BCUT2D eigenvalue weighted by atomic mass is 9.97. The molecule has 1 aliphatic carbocycles. The predicted molar refractivity (Wildman–Crippen MR) is 47.7 cm³/mol. The Hall–Kier alpha value is -0.570. The van der Waals surface area contributed by atoms with Crippen molar-refractivity contribution in [2.24, 2.45) is 5.16 Å². The lowest BCUT2D eigenvalue weighted by molar-refractivity contribution is 0.137. The highest BCUT2D eigenvalue weighted by atomic mass is 16.5. The van der Waals surface area contributed by atoms with Gasteiger partial charge in [-0.05, 0) is 19.3 Å². The van der Waals surface area contributed by atoms with Crippen molar-refractivity contribution in [2.45, 2.75) is 44.6 Å². The Morgan fingerprint density at radius 1 is 1.33 bits per heavy atom. The zero-order chi connectivity index (χ0) is 8.81. The van der Waals surface area contributed by atoms with Crippen LogP contribution in [0.5, 0.6) is 0 Å². The first kappa shape index (κ1) is 9.52. The summed E-state index contributed by atoms with van der Waals surface area (Å²) >= 11 is 0. The molecule has 1 atom stereocenters. The highest BCUT2D eigenvalue weighted by molar-refractivity contribution is 5.88. The maximum Gasteiger partial charge on any atom is 0.0985 e. The number of nitrogens with zero attached hydrogens (tertiary/aromatic N) is 1. The van der Waals surface area contributed by atoms with Crippen LogP contribution in [-0.4, -0.2) is 24.1 Å². The molecule has 0 aliphatic heterocycles. The molecule has 1 N–H and O–H groups in total. The monoisotopic (exact) mass is 171 g/mol. The van der Waals surface area contributed by atoms with Crippen molar-refractivity contribution in [3.05, 3.63) is 0 Å². The summed E-state index contributed by atoms with van der Waals surface area (Å²) in [4.78, 5) is 0. The number of ether oxygens (including phenoxy) is 1. The Bertz CT molecular complexity index is 157. The zero-order valence-corrected chi connectivity index (χ0v) is 7.62. The molecule has 1 aliphatic rings. The molecule has 12 heavy (non-hydrogen) atoms. The van der Waals surface area contributed by atoms with E-state index in [-0.39, 0.29) is 6.10 Å². The van der Waals surface area contributed by atoms with E-state index in [1.54, 1.807) is 7.11 Å². The third-order valence-corrected chi connectivity index (χ3v) is 2.43. The summed E-state index contributed by atoms with van der Waals surface area (Å²) in [5.41, 5.74) is 0.817. The minimum absolute atomic E-state index is 0.0512. The van der Waals surface area contributed by atoms with Crippen LogP contribution in [0.15, 0.2) is 5.16 Å². The minimum Gasteiger partial charge on any atom is -0.411 e. The molecule has 0 amide bonds. The molecule has 1 saturated carbocycles. The summed E-state index contributed by atoms with van der Waals surface area (Å²) in [6.07, 6.45) is 6.76. The molecular weight excluding hydrogens is 154 g/mol. The van der Waals surface area contributed by atoms with E-state index in [2.05, 4.69) is 5.16 Å². The lowest BCUT2D eigenvalue weighted by Gasteiger charge is -2.18. The van der Waals surface area contributed by atoms with Crippen LogP contribution in [0.25, 0.3) is 0 Å². The van der Waals surface area contributed by atoms with Crippen LogP contribution in [0.1, 0.15) is 38.5 Å². The van der Waals surface area contributed by atoms with Crippen LogP contribution < -0.4 is 0 Å². The quantitative estimate of drug-likeness (QED) is 0.485. The summed E-state index contributed by atoms with van der Waals surface area (Å²) in [5.74, 6) is 0. The van der Waals surface area contributed by atoms with E-state index in [4.69, 9.17) is 9.94 Å². The van der Waals surface area contributed by atoms with E-state index in [1.807, 2.05) is 0 Å². The topological polar surface area (TPSA) is 41.8 Å². The Kier molecular flexibility index (Phi) is 4.08. The van der Waals surface area contributed by atoms with E-state index in [9.17, 15) is 0 Å². The van der Waals surface area contributed by atoms with Crippen LogP contribution in [0, 0.1) is 0 Å². The maximum atomic E-state index is 8.72. The molecular formula is C9H17NO2. The van der Waals surface area contributed by atoms with Gasteiger partial charge in [0.2, 0.25) is 0 Å². The van der Waals surface area contributed by atoms with Crippen LogP contribution in [0.2, 0.25) is 0 Å². The Morgan fingerprint density at radius 3 is 2.75 bits per heavy atom. The SMILES string of the molecule is COC1CCCCCC/C1=N\O. The van der Waals surface area contributed by atoms with Gasteiger partial charge in [0.25, 0.3) is 0 Å². The summed E-state index contributed by atoms with van der Waals surface area (Å²) < 4.78 is 5.24. The van der Waals surface area contributed by atoms with Crippen molar-refractivity contribution in [3.63, 3.8) is 0 Å². The molecule has 0 aromatic rings. The second-order valence-electron chi connectivity index (χ2n) is 3.27. The Morgan fingerprint density at radius 2 is 2.08 bits per heavy atom. The van der Waals surface area contributed by atoms with E-state index in [1.165, 1.54) is 19.3 Å². The molecule has 70 valence electrons. The smallest absolute Gasteiger partial charge is 0.0985 e. The van der Waals surface area contributed by atoms with Gasteiger partial charge >= 0.3 is 0 Å². The van der Waals surface area contributed by atoms with Crippen molar-refractivity contribution in [2.75, 3.05) is 7.11 Å². The molecule has 0 heterocycles. The molecule has 0 aromatic carbocycles. The van der Waals surface area contributed by atoms with Crippen molar-refractivity contribution in [1.82, 2.24) is 0 Å². The van der Waals surface area contributed by atoms with Gasteiger partial charge < -0.3 is 9.94 Å².